The lowest BCUT2D eigenvalue weighted by atomic mass is 10.1. The highest BCUT2D eigenvalue weighted by Crippen LogP contribution is 2.43. The molecule has 1 aromatic carbocycles. The molecule has 81 valence electrons. The van der Waals surface area contributed by atoms with Crippen molar-refractivity contribution in [2.75, 3.05) is 11.4 Å². The minimum absolute atomic E-state index is 0.647. The summed E-state index contributed by atoms with van der Waals surface area (Å²) < 4.78 is 0. The van der Waals surface area contributed by atoms with Crippen molar-refractivity contribution in [3.8, 4) is 0 Å². The maximum absolute atomic E-state index is 6.26. The third-order valence-corrected chi connectivity index (χ3v) is 3.35. The van der Waals surface area contributed by atoms with Gasteiger partial charge in [-0.3, -0.25) is 0 Å². The number of hydrogen-bond donors (Lipinski definition) is 0. The van der Waals surface area contributed by atoms with Gasteiger partial charge in [-0.15, -0.1) is 0 Å². The van der Waals surface area contributed by atoms with Crippen LogP contribution in [0.1, 0.15) is 12.8 Å². The van der Waals surface area contributed by atoms with Gasteiger partial charge in [0, 0.05) is 29.9 Å². The molecule has 3 rings (SSSR count). The number of hydrogen-bond acceptors (Lipinski definition) is 1. The van der Waals surface area contributed by atoms with E-state index in [4.69, 9.17) is 11.6 Å². The fourth-order valence-corrected chi connectivity index (χ4v) is 2.46. The molecule has 0 bridgehead atoms. The van der Waals surface area contributed by atoms with E-state index in [1.807, 2.05) is 12.1 Å². The molecule has 1 nitrogen and oxygen atoms in total. The molecule has 1 aliphatic heterocycles. The van der Waals surface area contributed by atoms with Gasteiger partial charge in [-0.1, -0.05) is 35.9 Å². The summed E-state index contributed by atoms with van der Waals surface area (Å²) in [5.41, 5.74) is 2.48. The third-order valence-electron chi connectivity index (χ3n) is 3.05. The molecule has 1 aliphatic carbocycles. The van der Waals surface area contributed by atoms with E-state index >= 15 is 0 Å². The summed E-state index contributed by atoms with van der Waals surface area (Å²) in [6.07, 6.45) is 7.65. The molecule has 0 amide bonds. The number of allylic oxidation sites excluding steroid dienone is 3. The van der Waals surface area contributed by atoms with E-state index in [2.05, 4.69) is 35.2 Å². The summed E-state index contributed by atoms with van der Waals surface area (Å²) in [4.78, 5) is 2.30. The van der Waals surface area contributed by atoms with Crippen molar-refractivity contribution in [2.24, 2.45) is 5.92 Å². The first-order valence-corrected chi connectivity index (χ1v) is 6.04. The number of rotatable bonds is 2. The van der Waals surface area contributed by atoms with Gasteiger partial charge in [-0.25, -0.2) is 0 Å². The van der Waals surface area contributed by atoms with E-state index in [1.54, 1.807) is 0 Å². The molecule has 2 aliphatic rings. The molecule has 0 atom stereocenters. The molecule has 1 fully saturated rings. The standard InChI is InChI=1S/C14H13ClN/c15-13-7-4-10-16(14(13)11-8-9-11)12-5-2-1-3-6-12/h1-6,11H,8-10H2. The smallest absolute Gasteiger partial charge is 0.0680 e. The maximum atomic E-state index is 6.26. The molecule has 0 unspecified atom stereocenters. The Hall–Kier alpha value is -1.21. The number of para-hydroxylation sites is 1. The minimum Gasteiger partial charge on any atom is -0.339 e. The minimum atomic E-state index is 0.647. The number of benzene rings is 1. The van der Waals surface area contributed by atoms with Gasteiger partial charge in [-0.2, -0.15) is 0 Å². The summed E-state index contributed by atoms with van der Waals surface area (Å²) in [5.74, 6) is 0.647. The third kappa shape index (κ3) is 1.76. The van der Waals surface area contributed by atoms with E-state index in [9.17, 15) is 0 Å². The lowest BCUT2D eigenvalue weighted by Gasteiger charge is -2.29. The van der Waals surface area contributed by atoms with Crippen molar-refractivity contribution in [3.63, 3.8) is 0 Å². The summed E-state index contributed by atoms with van der Waals surface area (Å²) >= 11 is 6.26. The molecule has 0 N–H and O–H groups in total. The van der Waals surface area contributed by atoms with E-state index in [0.717, 1.165) is 11.6 Å². The molecule has 1 heterocycles. The Kier molecular flexibility index (Phi) is 2.49. The largest absolute Gasteiger partial charge is 0.339 e. The van der Waals surface area contributed by atoms with E-state index in [0.29, 0.717) is 5.92 Å². The first-order chi connectivity index (χ1) is 7.86. The number of nitrogens with zero attached hydrogens (tertiary/aromatic N) is 1. The first kappa shape index (κ1) is 9.98. The Morgan fingerprint density at radius 3 is 2.62 bits per heavy atom. The van der Waals surface area contributed by atoms with Gasteiger partial charge in [0.15, 0.2) is 0 Å². The van der Waals surface area contributed by atoms with Crippen molar-refractivity contribution in [1.29, 1.82) is 0 Å². The lowest BCUT2D eigenvalue weighted by molar-refractivity contribution is 0.860. The zero-order valence-electron chi connectivity index (χ0n) is 8.99. The second kappa shape index (κ2) is 3.99. The summed E-state index contributed by atoms with van der Waals surface area (Å²) in [6.45, 7) is 0.881. The van der Waals surface area contributed by atoms with E-state index in [1.165, 1.54) is 24.2 Å². The Morgan fingerprint density at radius 2 is 1.94 bits per heavy atom. The lowest BCUT2D eigenvalue weighted by Crippen LogP contribution is -2.26. The van der Waals surface area contributed by atoms with Crippen molar-refractivity contribution in [1.82, 2.24) is 0 Å². The molecule has 0 spiro atoms. The predicted molar refractivity (Wildman–Crippen MR) is 67.2 cm³/mol. The quantitative estimate of drug-likeness (QED) is 0.749. The Labute approximate surface area is 101 Å². The highest BCUT2D eigenvalue weighted by Gasteiger charge is 2.33. The Bertz CT molecular complexity index is 443. The predicted octanol–water partition coefficient (Wildman–Crippen LogP) is 3.73. The van der Waals surface area contributed by atoms with Crippen molar-refractivity contribution in [3.05, 3.63) is 53.2 Å². The molecule has 0 aromatic heterocycles. The molecule has 16 heavy (non-hydrogen) atoms. The van der Waals surface area contributed by atoms with Crippen LogP contribution in [0.5, 0.6) is 0 Å². The topological polar surface area (TPSA) is 3.24 Å². The maximum Gasteiger partial charge on any atom is 0.0680 e. The van der Waals surface area contributed by atoms with E-state index < -0.39 is 0 Å². The Morgan fingerprint density at radius 1 is 1.19 bits per heavy atom. The van der Waals surface area contributed by atoms with Crippen molar-refractivity contribution < 1.29 is 0 Å². The molecule has 2 heteroatoms. The fourth-order valence-electron chi connectivity index (χ4n) is 2.13. The molecule has 1 aromatic rings. The second-order valence-corrected chi connectivity index (χ2v) is 4.65. The zero-order chi connectivity index (χ0) is 11.0. The van der Waals surface area contributed by atoms with E-state index in [-0.39, 0.29) is 0 Å². The van der Waals surface area contributed by atoms with Gasteiger partial charge in [0.25, 0.3) is 0 Å². The molecule has 1 saturated carbocycles. The summed E-state index contributed by atoms with van der Waals surface area (Å²) in [7, 11) is 0. The molecule has 1 radical (unpaired) electrons. The summed E-state index contributed by atoms with van der Waals surface area (Å²) in [6, 6.07) is 10.4. The van der Waals surface area contributed by atoms with Gasteiger partial charge in [0.1, 0.15) is 0 Å². The van der Waals surface area contributed by atoms with Crippen LogP contribution in [-0.4, -0.2) is 6.54 Å². The fraction of sp³-hybridized carbons (Fsp3) is 0.286. The van der Waals surface area contributed by atoms with Crippen LogP contribution in [0.15, 0.2) is 47.1 Å². The van der Waals surface area contributed by atoms with Gasteiger partial charge in [0.05, 0.1) is 5.03 Å². The monoisotopic (exact) mass is 230 g/mol. The van der Waals surface area contributed by atoms with Crippen LogP contribution in [0.2, 0.25) is 0 Å². The van der Waals surface area contributed by atoms with Gasteiger partial charge < -0.3 is 4.90 Å². The number of anilines is 1. The van der Waals surface area contributed by atoms with Crippen LogP contribution in [0.3, 0.4) is 0 Å². The van der Waals surface area contributed by atoms with Crippen LogP contribution in [0, 0.1) is 12.0 Å². The van der Waals surface area contributed by atoms with Gasteiger partial charge in [0.2, 0.25) is 0 Å². The second-order valence-electron chi connectivity index (χ2n) is 4.27. The average Bonchev–Trinajstić information content (AvgIpc) is 3.14. The van der Waals surface area contributed by atoms with Crippen molar-refractivity contribution >= 4 is 17.3 Å². The van der Waals surface area contributed by atoms with Crippen LogP contribution in [0.25, 0.3) is 0 Å². The Balaban J connectivity index is 1.99. The average molecular weight is 231 g/mol. The molecule has 0 saturated heterocycles. The highest BCUT2D eigenvalue weighted by atomic mass is 35.5. The molecular weight excluding hydrogens is 218 g/mol. The van der Waals surface area contributed by atoms with Gasteiger partial charge >= 0.3 is 0 Å². The van der Waals surface area contributed by atoms with Crippen LogP contribution in [0.4, 0.5) is 5.69 Å². The van der Waals surface area contributed by atoms with Crippen molar-refractivity contribution in [2.45, 2.75) is 12.8 Å². The van der Waals surface area contributed by atoms with Crippen LogP contribution >= 0.6 is 11.6 Å². The number of halogens is 1. The zero-order valence-corrected chi connectivity index (χ0v) is 9.74. The molecular formula is C14H13ClN. The summed E-state index contributed by atoms with van der Waals surface area (Å²) in [5, 5.41) is 0.789. The van der Waals surface area contributed by atoms with Crippen LogP contribution in [-0.2, 0) is 0 Å². The normalized spacial score (nSPS) is 20.4. The van der Waals surface area contributed by atoms with Gasteiger partial charge in [-0.05, 0) is 25.0 Å². The SMILES string of the molecule is ClC1=C(C2CC2)N(c2ccccc2)CC=[C]1. The first-order valence-electron chi connectivity index (χ1n) is 5.67. The van der Waals surface area contributed by atoms with Crippen LogP contribution < -0.4 is 4.90 Å². The highest BCUT2D eigenvalue weighted by molar-refractivity contribution is 6.31.